The number of nitriles is 1. The summed E-state index contributed by atoms with van der Waals surface area (Å²) in [6.07, 6.45) is -0.339. The van der Waals surface area contributed by atoms with E-state index in [0.717, 1.165) is 0 Å². The van der Waals surface area contributed by atoms with Gasteiger partial charge in [-0.2, -0.15) is 5.26 Å². The third kappa shape index (κ3) is 3.66. The van der Waals surface area contributed by atoms with E-state index < -0.39 is 29.4 Å². The fourth-order valence-corrected chi connectivity index (χ4v) is 3.59. The number of aliphatic imine (C=N–C) groups is 1. The Hall–Kier alpha value is -4.20. The predicted octanol–water partition coefficient (Wildman–Crippen LogP) is 3.11. The highest BCUT2D eigenvalue weighted by molar-refractivity contribution is 6.03. The fourth-order valence-electron chi connectivity index (χ4n) is 3.59. The van der Waals surface area contributed by atoms with Crippen molar-refractivity contribution in [3.63, 3.8) is 0 Å². The van der Waals surface area contributed by atoms with Gasteiger partial charge in [0.15, 0.2) is 0 Å². The van der Waals surface area contributed by atoms with Crippen LogP contribution in [0.5, 0.6) is 0 Å². The standard InChI is InChI=1S/C21H16F3N7O/c1-21(9-31-10-28-16(18(23)24)17(31)19(26)30-21)13-6-12(3-4-14(13)22)29-20(32)15-5-2-11(7-25)8-27-15/h2-6,8,10,18H,9H2,1H3,(H2,26,30)(H,29,32)/t21-/m0/s1. The molecule has 8 nitrogen and oxygen atoms in total. The number of pyridine rings is 1. The number of aromatic nitrogens is 3. The molecule has 1 amide bonds. The van der Waals surface area contributed by atoms with Crippen LogP contribution in [0.1, 0.15) is 46.4 Å². The number of hydrogen-bond donors (Lipinski definition) is 2. The van der Waals surface area contributed by atoms with Crippen molar-refractivity contribution < 1.29 is 18.0 Å². The molecular weight excluding hydrogens is 423 g/mol. The summed E-state index contributed by atoms with van der Waals surface area (Å²) in [5, 5.41) is 11.4. The first-order chi connectivity index (χ1) is 15.2. The Balaban J connectivity index is 1.65. The molecule has 3 N–H and O–H groups in total. The minimum absolute atomic E-state index is 0.00855. The molecule has 0 unspecified atom stereocenters. The summed E-state index contributed by atoms with van der Waals surface area (Å²) in [5.41, 5.74) is 5.01. The van der Waals surface area contributed by atoms with Crippen LogP contribution in [0.3, 0.4) is 0 Å². The molecule has 0 saturated heterocycles. The second-order valence-corrected chi connectivity index (χ2v) is 7.37. The van der Waals surface area contributed by atoms with E-state index in [1.54, 1.807) is 6.92 Å². The smallest absolute Gasteiger partial charge is 0.282 e. The summed E-state index contributed by atoms with van der Waals surface area (Å²) in [4.78, 5) is 24.4. The number of alkyl halides is 2. The van der Waals surface area contributed by atoms with E-state index in [1.807, 2.05) is 6.07 Å². The zero-order valence-corrected chi connectivity index (χ0v) is 16.7. The molecule has 3 heterocycles. The number of hydrogen-bond acceptors (Lipinski definition) is 6. The second kappa shape index (κ2) is 7.81. The molecule has 1 atom stereocenters. The molecule has 0 fully saturated rings. The topological polar surface area (TPSA) is 122 Å². The van der Waals surface area contributed by atoms with Gasteiger partial charge < -0.3 is 15.6 Å². The molecule has 32 heavy (non-hydrogen) atoms. The highest BCUT2D eigenvalue weighted by Gasteiger charge is 2.37. The number of carbonyl (C=O) groups is 1. The zero-order valence-electron chi connectivity index (χ0n) is 16.7. The van der Waals surface area contributed by atoms with E-state index >= 15 is 0 Å². The van der Waals surface area contributed by atoms with Gasteiger partial charge in [0.2, 0.25) is 0 Å². The maximum absolute atomic E-state index is 14.8. The molecule has 3 aromatic rings. The van der Waals surface area contributed by atoms with Gasteiger partial charge in [-0.25, -0.2) is 23.1 Å². The molecule has 1 aromatic carbocycles. The van der Waals surface area contributed by atoms with Gasteiger partial charge in [0.05, 0.1) is 18.4 Å². The highest BCUT2D eigenvalue weighted by Crippen LogP contribution is 2.36. The number of amides is 1. The van der Waals surface area contributed by atoms with Gasteiger partial charge in [-0.05, 0) is 37.3 Å². The van der Waals surface area contributed by atoms with Crippen LogP contribution in [0.4, 0.5) is 18.9 Å². The minimum atomic E-state index is -2.82. The van der Waals surface area contributed by atoms with Crippen LogP contribution in [-0.4, -0.2) is 26.3 Å². The number of amidine groups is 1. The molecule has 162 valence electrons. The Morgan fingerprint density at radius 2 is 2.09 bits per heavy atom. The Kier molecular flexibility index (Phi) is 5.14. The van der Waals surface area contributed by atoms with Crippen LogP contribution in [0.25, 0.3) is 0 Å². The van der Waals surface area contributed by atoms with Gasteiger partial charge >= 0.3 is 0 Å². The summed E-state index contributed by atoms with van der Waals surface area (Å²) in [6.45, 7) is 1.63. The van der Waals surface area contributed by atoms with E-state index in [4.69, 9.17) is 11.0 Å². The molecule has 11 heteroatoms. The van der Waals surface area contributed by atoms with E-state index in [9.17, 15) is 18.0 Å². The summed E-state index contributed by atoms with van der Waals surface area (Å²) >= 11 is 0. The van der Waals surface area contributed by atoms with Gasteiger partial charge in [-0.15, -0.1) is 0 Å². The van der Waals surface area contributed by atoms with Crippen molar-refractivity contribution in [1.82, 2.24) is 14.5 Å². The minimum Gasteiger partial charge on any atom is -0.382 e. The van der Waals surface area contributed by atoms with Crippen molar-refractivity contribution in [2.24, 2.45) is 10.7 Å². The van der Waals surface area contributed by atoms with Crippen molar-refractivity contribution in [2.75, 3.05) is 5.32 Å². The van der Waals surface area contributed by atoms with Gasteiger partial charge in [0.1, 0.15) is 40.3 Å². The van der Waals surface area contributed by atoms with Crippen LogP contribution in [-0.2, 0) is 12.1 Å². The van der Waals surface area contributed by atoms with E-state index in [0.29, 0.717) is 5.56 Å². The van der Waals surface area contributed by atoms with E-state index in [-0.39, 0.29) is 35.0 Å². The van der Waals surface area contributed by atoms with Gasteiger partial charge in [-0.1, -0.05) is 0 Å². The Morgan fingerprint density at radius 3 is 2.75 bits per heavy atom. The monoisotopic (exact) mass is 439 g/mol. The first-order valence-electron chi connectivity index (χ1n) is 9.38. The molecular formula is C21H16F3N7O. The van der Waals surface area contributed by atoms with Gasteiger partial charge in [0.25, 0.3) is 12.3 Å². The van der Waals surface area contributed by atoms with Crippen LogP contribution in [0, 0.1) is 17.1 Å². The molecule has 0 radical (unpaired) electrons. The third-order valence-corrected chi connectivity index (χ3v) is 5.09. The van der Waals surface area contributed by atoms with Crippen molar-refractivity contribution >= 4 is 17.4 Å². The van der Waals surface area contributed by atoms with Crippen LogP contribution in [0.2, 0.25) is 0 Å². The van der Waals surface area contributed by atoms with Crippen LogP contribution < -0.4 is 11.1 Å². The lowest BCUT2D eigenvalue weighted by atomic mass is 9.90. The Bertz CT molecular complexity index is 1280. The molecule has 1 aliphatic heterocycles. The summed E-state index contributed by atoms with van der Waals surface area (Å²) in [7, 11) is 0. The molecule has 1 aliphatic rings. The van der Waals surface area contributed by atoms with Crippen molar-refractivity contribution in [2.45, 2.75) is 25.4 Å². The molecule has 2 aromatic heterocycles. The maximum Gasteiger partial charge on any atom is 0.282 e. The number of benzene rings is 1. The average molecular weight is 439 g/mol. The largest absolute Gasteiger partial charge is 0.382 e. The van der Waals surface area contributed by atoms with Gasteiger partial charge in [0, 0.05) is 17.4 Å². The molecule has 4 rings (SSSR count). The van der Waals surface area contributed by atoms with Crippen LogP contribution in [0.15, 0.2) is 47.8 Å². The molecule has 0 spiro atoms. The van der Waals surface area contributed by atoms with Crippen molar-refractivity contribution in [1.29, 1.82) is 5.26 Å². The first kappa shape index (κ1) is 21.0. The number of nitrogens with zero attached hydrogens (tertiary/aromatic N) is 5. The quantitative estimate of drug-likeness (QED) is 0.647. The number of halogens is 3. The van der Waals surface area contributed by atoms with Gasteiger partial charge in [-0.3, -0.25) is 9.79 Å². The number of nitrogens with two attached hydrogens (primary N) is 1. The lowest BCUT2D eigenvalue weighted by Crippen LogP contribution is -2.37. The highest BCUT2D eigenvalue weighted by atomic mass is 19.3. The third-order valence-electron chi connectivity index (χ3n) is 5.09. The van der Waals surface area contributed by atoms with E-state index in [2.05, 4.69) is 20.3 Å². The predicted molar refractivity (Wildman–Crippen MR) is 109 cm³/mol. The average Bonchev–Trinajstić information content (AvgIpc) is 3.19. The number of rotatable bonds is 4. The number of fused-ring (bicyclic) bond motifs is 1. The lowest BCUT2D eigenvalue weighted by Gasteiger charge is -2.32. The molecule has 0 bridgehead atoms. The van der Waals surface area contributed by atoms with Crippen LogP contribution >= 0.6 is 0 Å². The summed E-state index contributed by atoms with van der Waals surface area (Å²) < 4.78 is 42.6. The zero-order chi connectivity index (χ0) is 23.0. The SMILES string of the molecule is C[C@@]1(c2cc(NC(=O)c3ccc(C#N)cn3)ccc2F)Cn2cnc(C(F)F)c2C(N)=N1. The normalized spacial score (nSPS) is 17.4. The van der Waals surface area contributed by atoms with Crippen molar-refractivity contribution in [3.05, 3.63) is 76.9 Å². The lowest BCUT2D eigenvalue weighted by molar-refractivity contribution is 0.102. The second-order valence-electron chi connectivity index (χ2n) is 7.37. The molecule has 0 aliphatic carbocycles. The summed E-state index contributed by atoms with van der Waals surface area (Å²) in [5.74, 6) is -1.33. The number of nitrogens with one attached hydrogen (secondary N) is 1. The summed E-state index contributed by atoms with van der Waals surface area (Å²) in [6, 6.07) is 8.71. The fraction of sp³-hybridized carbons (Fsp3) is 0.190. The number of carbonyl (C=O) groups excluding carboxylic acids is 1. The van der Waals surface area contributed by atoms with Crippen molar-refractivity contribution in [3.8, 4) is 6.07 Å². The number of imidazole rings is 1. The Morgan fingerprint density at radius 1 is 1.31 bits per heavy atom. The maximum atomic E-state index is 14.8. The first-order valence-corrected chi connectivity index (χ1v) is 9.38. The Labute approximate surface area is 180 Å². The molecule has 0 saturated carbocycles. The number of anilines is 1. The van der Waals surface area contributed by atoms with E-state index in [1.165, 1.54) is 47.4 Å².